The van der Waals surface area contributed by atoms with Crippen LogP contribution in [0.3, 0.4) is 0 Å². The van der Waals surface area contributed by atoms with Crippen LogP contribution >= 0.6 is 0 Å². The van der Waals surface area contributed by atoms with Crippen LogP contribution in [0.5, 0.6) is 5.88 Å². The van der Waals surface area contributed by atoms with Crippen molar-refractivity contribution in [2.24, 2.45) is 5.92 Å². The number of rotatable bonds is 10. The van der Waals surface area contributed by atoms with E-state index in [9.17, 15) is 18.8 Å². The minimum atomic E-state index is -0.274. The van der Waals surface area contributed by atoms with Crippen molar-refractivity contribution in [2.45, 2.75) is 26.2 Å². The van der Waals surface area contributed by atoms with Crippen LogP contribution in [0.1, 0.15) is 35.7 Å². The van der Waals surface area contributed by atoms with Crippen molar-refractivity contribution >= 4 is 35.2 Å². The first-order valence-electron chi connectivity index (χ1n) is 14.0. The molecule has 0 unspecified atom stereocenters. The van der Waals surface area contributed by atoms with Crippen LogP contribution in [-0.2, 0) is 16.0 Å². The third kappa shape index (κ3) is 6.40. The van der Waals surface area contributed by atoms with Crippen molar-refractivity contribution in [3.8, 4) is 17.1 Å². The number of piperidine rings is 1. The molecule has 1 aromatic carbocycles. The number of pyridine rings is 1. The van der Waals surface area contributed by atoms with Crippen LogP contribution in [0.4, 0.5) is 15.9 Å². The zero-order valence-electron chi connectivity index (χ0n) is 24.0. The molecule has 0 aliphatic carbocycles. The van der Waals surface area contributed by atoms with Gasteiger partial charge in [-0.1, -0.05) is 12.1 Å². The Kier molecular flexibility index (Phi) is 8.79. The summed E-state index contributed by atoms with van der Waals surface area (Å²) in [6.07, 6.45) is 6.06. The van der Waals surface area contributed by atoms with Crippen molar-refractivity contribution in [2.75, 3.05) is 43.9 Å². The summed E-state index contributed by atoms with van der Waals surface area (Å²) in [7, 11) is 1.46. The van der Waals surface area contributed by atoms with E-state index >= 15 is 0 Å². The largest absolute Gasteiger partial charge is 0.480 e. The van der Waals surface area contributed by atoms with Gasteiger partial charge in [0, 0.05) is 44.9 Å². The summed E-state index contributed by atoms with van der Waals surface area (Å²) < 4.78 is 20.4. The highest BCUT2D eigenvalue weighted by atomic mass is 19.1. The molecule has 13 heteroatoms. The number of nitrogens with zero attached hydrogens (tertiary/aromatic N) is 6. The maximum Gasteiger partial charge on any atom is 0.259 e. The first-order chi connectivity index (χ1) is 20.8. The van der Waals surface area contributed by atoms with E-state index in [4.69, 9.17) is 10.5 Å². The summed E-state index contributed by atoms with van der Waals surface area (Å²) in [5.74, 6) is -0.128. The molecule has 3 N–H and O–H groups in total. The topological polar surface area (TPSA) is 148 Å². The molecule has 0 saturated carbocycles. The Bertz CT molecular complexity index is 1640. The van der Waals surface area contributed by atoms with Gasteiger partial charge in [0.2, 0.25) is 18.2 Å². The highest BCUT2D eigenvalue weighted by molar-refractivity contribution is 5.99. The van der Waals surface area contributed by atoms with Gasteiger partial charge in [0.05, 0.1) is 18.5 Å². The van der Waals surface area contributed by atoms with Gasteiger partial charge in [-0.15, -0.1) is 0 Å². The quantitative estimate of drug-likeness (QED) is 0.269. The molecule has 1 saturated heterocycles. The maximum absolute atomic E-state index is 13.9. The fraction of sp³-hybridized carbons (Fsp3) is 0.333. The van der Waals surface area contributed by atoms with E-state index in [1.807, 2.05) is 0 Å². The SMILES string of the molecule is COc1ncc(-c2cc(N(C=O)CCNC(C)=O)c3c(N)ncnn23)cc1C(=O)N1CCC[C@@H](Cc2ccc(F)cc2)C1. The number of halogens is 1. The average molecular weight is 589 g/mol. The molecule has 3 amide bonds. The molecular weight excluding hydrogens is 555 g/mol. The molecule has 1 atom stereocenters. The molecular formula is C30H33FN8O4. The van der Waals surface area contributed by atoms with E-state index in [-0.39, 0.29) is 48.3 Å². The van der Waals surface area contributed by atoms with Gasteiger partial charge in [-0.05, 0) is 55.0 Å². The van der Waals surface area contributed by atoms with Gasteiger partial charge in [0.15, 0.2) is 5.82 Å². The lowest BCUT2D eigenvalue weighted by Crippen LogP contribution is -2.40. The number of nitrogens with two attached hydrogens (primary N) is 1. The van der Waals surface area contributed by atoms with Gasteiger partial charge in [0.1, 0.15) is 23.2 Å². The normalized spacial score (nSPS) is 14.9. The van der Waals surface area contributed by atoms with Gasteiger partial charge < -0.3 is 25.6 Å². The number of hydrogen-bond donors (Lipinski definition) is 2. The fourth-order valence-electron chi connectivity index (χ4n) is 5.50. The van der Waals surface area contributed by atoms with Crippen LogP contribution in [0, 0.1) is 11.7 Å². The Labute approximate surface area is 247 Å². The van der Waals surface area contributed by atoms with Crippen molar-refractivity contribution in [3.05, 3.63) is 65.9 Å². The van der Waals surface area contributed by atoms with Gasteiger partial charge in [0.25, 0.3) is 5.91 Å². The lowest BCUT2D eigenvalue weighted by Gasteiger charge is -2.33. The summed E-state index contributed by atoms with van der Waals surface area (Å²) in [6, 6.07) is 9.89. The molecule has 12 nitrogen and oxygen atoms in total. The molecule has 4 heterocycles. The Morgan fingerprint density at radius 2 is 2.02 bits per heavy atom. The van der Waals surface area contributed by atoms with E-state index in [1.54, 1.807) is 39.9 Å². The monoisotopic (exact) mass is 588 g/mol. The van der Waals surface area contributed by atoms with Gasteiger partial charge in [-0.25, -0.2) is 18.9 Å². The van der Waals surface area contributed by atoms with Crippen LogP contribution in [0.2, 0.25) is 0 Å². The Morgan fingerprint density at radius 3 is 2.74 bits per heavy atom. The summed E-state index contributed by atoms with van der Waals surface area (Å²) in [6.45, 7) is 2.96. The van der Waals surface area contributed by atoms with Crippen molar-refractivity contribution in [1.82, 2.24) is 29.8 Å². The smallest absolute Gasteiger partial charge is 0.259 e. The molecule has 0 radical (unpaired) electrons. The molecule has 0 spiro atoms. The first kappa shape index (κ1) is 29.4. The van der Waals surface area contributed by atoms with E-state index in [1.165, 1.54) is 37.4 Å². The Morgan fingerprint density at radius 1 is 1.23 bits per heavy atom. The second kappa shape index (κ2) is 12.8. The summed E-state index contributed by atoms with van der Waals surface area (Å²) >= 11 is 0. The number of anilines is 2. The van der Waals surface area contributed by atoms with Crippen molar-refractivity contribution < 1.29 is 23.5 Å². The predicted octanol–water partition coefficient (Wildman–Crippen LogP) is 2.72. The molecule has 5 rings (SSSR count). The Hall–Kier alpha value is -5.07. The molecule has 3 aromatic heterocycles. The number of nitrogens with one attached hydrogen (secondary N) is 1. The molecule has 1 fully saturated rings. The maximum atomic E-state index is 13.9. The number of likely N-dealkylation sites (tertiary alicyclic amines) is 1. The minimum Gasteiger partial charge on any atom is -0.480 e. The zero-order chi connectivity index (χ0) is 30.5. The predicted molar refractivity (Wildman–Crippen MR) is 158 cm³/mol. The highest BCUT2D eigenvalue weighted by Crippen LogP contribution is 2.35. The molecule has 0 bridgehead atoms. The standard InChI is InChI=1S/C30H33FN8O4/c1-19(41)33-9-11-38(18-40)26-14-25(39-27(26)28(32)35-17-36-39)22-13-24(29(43-2)34-15-22)30(42)37-10-3-4-21(16-37)12-20-5-7-23(31)8-6-20/h5-8,13-15,17-18,21H,3-4,9-12,16H2,1-2H3,(H,33,41)(H2,32,35,36)/t21-/m0/s1. The number of amides is 3. The molecule has 224 valence electrons. The van der Waals surface area contributed by atoms with Crippen molar-refractivity contribution in [3.63, 3.8) is 0 Å². The van der Waals surface area contributed by atoms with E-state index < -0.39 is 0 Å². The number of nitrogen functional groups attached to an aromatic ring is 1. The van der Waals surface area contributed by atoms with Crippen LogP contribution in [0.25, 0.3) is 16.8 Å². The van der Waals surface area contributed by atoms with E-state index in [2.05, 4.69) is 20.4 Å². The van der Waals surface area contributed by atoms with E-state index in [0.717, 1.165) is 24.8 Å². The molecule has 4 aromatic rings. The van der Waals surface area contributed by atoms with Crippen LogP contribution in [-0.4, -0.2) is 76.0 Å². The van der Waals surface area contributed by atoms with Crippen molar-refractivity contribution in [1.29, 1.82) is 0 Å². The summed E-state index contributed by atoms with van der Waals surface area (Å²) in [5.41, 5.74) is 9.46. The molecule has 1 aliphatic heterocycles. The number of aromatic nitrogens is 4. The zero-order valence-corrected chi connectivity index (χ0v) is 24.0. The second-order valence-electron chi connectivity index (χ2n) is 10.5. The summed E-state index contributed by atoms with van der Waals surface area (Å²) in [4.78, 5) is 49.0. The molecule has 43 heavy (non-hydrogen) atoms. The molecule has 1 aliphatic rings. The number of benzene rings is 1. The second-order valence-corrected chi connectivity index (χ2v) is 10.5. The number of methoxy groups -OCH3 is 1. The van der Waals surface area contributed by atoms with E-state index in [0.29, 0.717) is 47.5 Å². The third-order valence-electron chi connectivity index (χ3n) is 7.54. The number of fused-ring (bicyclic) bond motifs is 1. The van der Waals surface area contributed by atoms with Crippen LogP contribution in [0.15, 0.2) is 48.9 Å². The lowest BCUT2D eigenvalue weighted by atomic mass is 9.91. The number of carbonyl (C=O) groups excluding carboxylic acids is 3. The number of hydrogen-bond acceptors (Lipinski definition) is 8. The fourth-order valence-corrected chi connectivity index (χ4v) is 5.50. The van der Waals surface area contributed by atoms with Crippen LogP contribution < -0.4 is 20.7 Å². The number of ether oxygens (including phenoxy) is 1. The van der Waals surface area contributed by atoms with Gasteiger partial charge in [-0.3, -0.25) is 14.4 Å². The number of carbonyl (C=O) groups is 3. The average Bonchev–Trinajstić information content (AvgIpc) is 3.40. The Balaban J connectivity index is 1.46. The summed E-state index contributed by atoms with van der Waals surface area (Å²) in [5, 5.41) is 7.04. The third-order valence-corrected chi connectivity index (χ3v) is 7.54. The first-order valence-corrected chi connectivity index (χ1v) is 14.0. The van der Waals surface area contributed by atoms with Gasteiger partial charge >= 0.3 is 0 Å². The lowest BCUT2D eigenvalue weighted by molar-refractivity contribution is -0.119. The minimum absolute atomic E-state index is 0.154. The highest BCUT2D eigenvalue weighted by Gasteiger charge is 2.28. The van der Waals surface area contributed by atoms with Gasteiger partial charge in [-0.2, -0.15) is 5.10 Å².